The molecular weight excluding hydrogens is 421 g/mol. The highest BCUT2D eigenvalue weighted by Gasteiger charge is 2.48. The van der Waals surface area contributed by atoms with Gasteiger partial charge in [-0.05, 0) is 81.5 Å². The number of carbonyl (C=O) groups is 1. The fraction of sp³-hybridized carbons (Fsp3) is 0.783. The van der Waals surface area contributed by atoms with Crippen LogP contribution in [-0.2, 0) is 10.9 Å². The molecule has 4 aliphatic carbocycles. The van der Waals surface area contributed by atoms with E-state index in [2.05, 4.69) is 20.6 Å². The number of alkyl halides is 3. The minimum atomic E-state index is -4.73. The molecule has 176 valence electrons. The lowest BCUT2D eigenvalue weighted by molar-refractivity contribution is -0.141. The van der Waals surface area contributed by atoms with Crippen LogP contribution in [0.5, 0.6) is 0 Å². The number of aromatic nitrogens is 2. The number of rotatable bonds is 5. The number of nitrogens with one attached hydrogen (secondary N) is 2. The van der Waals surface area contributed by atoms with Crippen LogP contribution in [0.25, 0.3) is 0 Å². The van der Waals surface area contributed by atoms with Gasteiger partial charge in [0, 0.05) is 31.5 Å². The van der Waals surface area contributed by atoms with E-state index in [1.807, 2.05) is 0 Å². The van der Waals surface area contributed by atoms with Crippen LogP contribution >= 0.6 is 0 Å². The van der Waals surface area contributed by atoms with E-state index >= 15 is 0 Å². The van der Waals surface area contributed by atoms with Crippen molar-refractivity contribution in [3.63, 3.8) is 0 Å². The van der Waals surface area contributed by atoms with E-state index in [0.717, 1.165) is 50.6 Å². The highest BCUT2D eigenvalue weighted by molar-refractivity contribution is 5.95. The number of amides is 1. The molecule has 0 spiro atoms. The fourth-order valence-electron chi connectivity index (χ4n) is 6.65. The second-order valence-electron chi connectivity index (χ2n) is 10.4. The molecule has 0 radical (unpaired) electrons. The number of halogens is 3. The SMILES string of the molecule is O=C(NCC1CCOCC1)c1cnc(NC23CCC4CC(CC(C4)C2)C3)nc1C(F)(F)F. The van der Waals surface area contributed by atoms with Gasteiger partial charge in [0.2, 0.25) is 5.95 Å². The van der Waals surface area contributed by atoms with Gasteiger partial charge in [0.15, 0.2) is 5.69 Å². The predicted molar refractivity (Wildman–Crippen MR) is 112 cm³/mol. The van der Waals surface area contributed by atoms with E-state index in [-0.39, 0.29) is 17.4 Å². The quantitative estimate of drug-likeness (QED) is 0.692. The predicted octanol–water partition coefficient (Wildman–Crippen LogP) is 4.42. The summed E-state index contributed by atoms with van der Waals surface area (Å²) >= 11 is 0. The first-order valence-corrected chi connectivity index (χ1v) is 11.9. The molecule has 1 amide bonds. The number of anilines is 1. The van der Waals surface area contributed by atoms with Gasteiger partial charge in [-0.2, -0.15) is 13.2 Å². The Bertz CT molecular complexity index is 842. The molecule has 6 rings (SSSR count). The maximum atomic E-state index is 13.8. The number of hydrogen-bond donors (Lipinski definition) is 2. The van der Waals surface area contributed by atoms with Gasteiger partial charge in [0.05, 0.1) is 5.56 Å². The molecule has 2 heterocycles. The summed E-state index contributed by atoms with van der Waals surface area (Å²) in [6.45, 7) is 1.55. The maximum absolute atomic E-state index is 13.8. The zero-order valence-corrected chi connectivity index (χ0v) is 18.2. The van der Waals surface area contributed by atoms with E-state index in [1.165, 1.54) is 19.3 Å². The normalized spacial score (nSPS) is 32.5. The smallest absolute Gasteiger partial charge is 0.381 e. The first-order valence-electron chi connectivity index (χ1n) is 11.9. The van der Waals surface area contributed by atoms with Crippen molar-refractivity contribution in [2.24, 2.45) is 23.7 Å². The second kappa shape index (κ2) is 8.47. The molecule has 9 heteroatoms. The molecule has 4 saturated carbocycles. The molecule has 6 nitrogen and oxygen atoms in total. The summed E-state index contributed by atoms with van der Waals surface area (Å²) in [7, 11) is 0. The molecule has 4 bridgehead atoms. The lowest BCUT2D eigenvalue weighted by atomic mass is 9.65. The Hall–Kier alpha value is -1.90. The summed E-state index contributed by atoms with van der Waals surface area (Å²) in [5.74, 6) is 1.45. The molecule has 5 fully saturated rings. The number of ether oxygens (including phenoxy) is 1. The van der Waals surface area contributed by atoms with Crippen LogP contribution in [0.15, 0.2) is 6.20 Å². The zero-order chi connectivity index (χ0) is 22.3. The third kappa shape index (κ3) is 4.58. The Morgan fingerprint density at radius 1 is 1.09 bits per heavy atom. The third-order valence-electron chi connectivity index (χ3n) is 7.96. The van der Waals surface area contributed by atoms with Crippen LogP contribution in [0.4, 0.5) is 19.1 Å². The first kappa shape index (κ1) is 21.9. The monoisotopic (exact) mass is 452 g/mol. The molecule has 32 heavy (non-hydrogen) atoms. The number of hydrogen-bond acceptors (Lipinski definition) is 5. The van der Waals surface area contributed by atoms with Gasteiger partial charge < -0.3 is 15.4 Å². The van der Waals surface area contributed by atoms with Gasteiger partial charge in [-0.25, -0.2) is 9.97 Å². The van der Waals surface area contributed by atoms with Gasteiger partial charge in [0.25, 0.3) is 5.91 Å². The first-order chi connectivity index (χ1) is 15.3. The van der Waals surface area contributed by atoms with Gasteiger partial charge in [0.1, 0.15) is 0 Å². The van der Waals surface area contributed by atoms with Crippen LogP contribution in [0.3, 0.4) is 0 Å². The average Bonchev–Trinajstić information content (AvgIpc) is 2.95. The van der Waals surface area contributed by atoms with Gasteiger partial charge >= 0.3 is 6.18 Å². The Morgan fingerprint density at radius 3 is 2.47 bits per heavy atom. The van der Waals surface area contributed by atoms with Crippen molar-refractivity contribution in [2.75, 3.05) is 25.1 Å². The zero-order valence-electron chi connectivity index (χ0n) is 18.2. The molecule has 1 saturated heterocycles. The lowest BCUT2D eigenvalue weighted by Gasteiger charge is -2.45. The summed E-state index contributed by atoms with van der Waals surface area (Å²) in [4.78, 5) is 20.6. The molecule has 0 aromatic carbocycles. The van der Waals surface area contributed by atoms with Crippen molar-refractivity contribution in [1.29, 1.82) is 0 Å². The topological polar surface area (TPSA) is 76.1 Å². The van der Waals surface area contributed by atoms with Crippen molar-refractivity contribution >= 4 is 11.9 Å². The van der Waals surface area contributed by atoms with Crippen LogP contribution in [-0.4, -0.2) is 41.2 Å². The summed E-state index contributed by atoms with van der Waals surface area (Å²) in [6.07, 6.45) is 5.58. The average molecular weight is 453 g/mol. The van der Waals surface area contributed by atoms with E-state index < -0.39 is 23.3 Å². The molecule has 2 N–H and O–H groups in total. The summed E-state index contributed by atoms with van der Waals surface area (Å²) in [6, 6.07) is 0. The van der Waals surface area contributed by atoms with Gasteiger partial charge in [-0.15, -0.1) is 0 Å². The van der Waals surface area contributed by atoms with E-state index in [0.29, 0.717) is 31.6 Å². The van der Waals surface area contributed by atoms with E-state index in [4.69, 9.17) is 4.74 Å². The number of nitrogens with zero attached hydrogens (tertiary/aromatic N) is 2. The van der Waals surface area contributed by atoms with Crippen molar-refractivity contribution in [3.8, 4) is 0 Å². The van der Waals surface area contributed by atoms with Crippen LogP contribution in [0, 0.1) is 23.7 Å². The summed E-state index contributed by atoms with van der Waals surface area (Å²) in [5, 5.41) is 5.96. The molecule has 5 aliphatic rings. The van der Waals surface area contributed by atoms with Gasteiger partial charge in [-0.3, -0.25) is 4.79 Å². The van der Waals surface area contributed by atoms with Crippen LogP contribution in [0.2, 0.25) is 0 Å². The summed E-state index contributed by atoms with van der Waals surface area (Å²) in [5.41, 5.74) is -1.91. The van der Waals surface area contributed by atoms with Crippen LogP contribution < -0.4 is 10.6 Å². The third-order valence-corrected chi connectivity index (χ3v) is 7.96. The largest absolute Gasteiger partial charge is 0.434 e. The Kier molecular flexibility index (Phi) is 5.80. The van der Waals surface area contributed by atoms with E-state index in [9.17, 15) is 18.0 Å². The molecular formula is C23H31F3N4O2. The molecule has 1 aromatic heterocycles. The number of carbonyl (C=O) groups excluding carboxylic acids is 1. The Balaban J connectivity index is 1.34. The van der Waals surface area contributed by atoms with Gasteiger partial charge in [-0.1, -0.05) is 0 Å². The Labute approximate surface area is 186 Å². The lowest BCUT2D eigenvalue weighted by Crippen LogP contribution is -2.45. The minimum Gasteiger partial charge on any atom is -0.381 e. The Morgan fingerprint density at radius 2 is 1.78 bits per heavy atom. The highest BCUT2D eigenvalue weighted by atomic mass is 19.4. The maximum Gasteiger partial charge on any atom is 0.434 e. The van der Waals surface area contributed by atoms with Crippen molar-refractivity contribution in [1.82, 2.24) is 15.3 Å². The standard InChI is InChI=1S/C23H31F3N4O2/c24-23(25,26)19-18(20(31)27-12-14-2-5-32-6-3-14)13-28-21(29-19)30-22-4-1-15-7-16(10-22)9-17(8-15)11-22/h13-17H,1-12H2,(H,27,31)(H,28,29,30). The van der Waals surface area contributed by atoms with Crippen molar-refractivity contribution < 1.29 is 22.7 Å². The van der Waals surface area contributed by atoms with Crippen molar-refractivity contribution in [3.05, 3.63) is 17.5 Å². The molecule has 2 atom stereocenters. The number of fused-ring (bicyclic) bond motifs is 1. The van der Waals surface area contributed by atoms with E-state index in [1.54, 1.807) is 0 Å². The highest BCUT2D eigenvalue weighted by Crippen LogP contribution is 2.53. The molecule has 1 aromatic rings. The molecule has 1 aliphatic heterocycles. The summed E-state index contributed by atoms with van der Waals surface area (Å²) < 4.78 is 46.8. The molecule has 2 unspecified atom stereocenters. The second-order valence-corrected chi connectivity index (χ2v) is 10.4. The van der Waals surface area contributed by atoms with Crippen LogP contribution in [0.1, 0.15) is 73.8 Å². The fourth-order valence-corrected chi connectivity index (χ4v) is 6.65. The minimum absolute atomic E-state index is 0.0157. The van der Waals surface area contributed by atoms with Crippen molar-refractivity contribution in [2.45, 2.75) is 69.5 Å².